The number of carbonyl (C=O) groups is 2. The summed E-state index contributed by atoms with van der Waals surface area (Å²) in [6.07, 6.45) is 0.898. The van der Waals surface area contributed by atoms with Crippen LogP contribution in [0.4, 0.5) is 5.69 Å². The van der Waals surface area contributed by atoms with Gasteiger partial charge in [0, 0.05) is 23.4 Å². The summed E-state index contributed by atoms with van der Waals surface area (Å²) in [6.45, 7) is 5.50. The number of hydrogen-bond acceptors (Lipinski definition) is 3. The fourth-order valence-electron chi connectivity index (χ4n) is 2.54. The lowest BCUT2D eigenvalue weighted by molar-refractivity contribution is 0.0950. The van der Waals surface area contributed by atoms with Gasteiger partial charge in [-0.1, -0.05) is 12.1 Å². The van der Waals surface area contributed by atoms with E-state index >= 15 is 0 Å². The Bertz CT molecular complexity index is 767. The molecule has 0 fully saturated rings. The van der Waals surface area contributed by atoms with Crippen LogP contribution in [0.2, 0.25) is 0 Å². The van der Waals surface area contributed by atoms with Gasteiger partial charge in [-0.2, -0.15) is 0 Å². The fraction of sp³-hybridized carbons (Fsp3) is 0.333. The molecule has 5 heteroatoms. The van der Waals surface area contributed by atoms with E-state index in [-0.39, 0.29) is 11.8 Å². The fourth-order valence-corrected chi connectivity index (χ4v) is 2.54. The maximum Gasteiger partial charge on any atom is 0.255 e. The van der Waals surface area contributed by atoms with E-state index in [2.05, 4.69) is 15.5 Å². The average Bonchev–Trinajstić information content (AvgIpc) is 2.61. The summed E-state index contributed by atoms with van der Waals surface area (Å²) in [5.74, 6) is -0.304. The van der Waals surface area contributed by atoms with E-state index in [0.717, 1.165) is 29.8 Å². The molecule has 26 heavy (non-hydrogen) atoms. The van der Waals surface area contributed by atoms with Crippen molar-refractivity contribution in [1.82, 2.24) is 10.2 Å². The molecule has 0 aromatic heterocycles. The number of hydrogen-bond donors (Lipinski definition) is 2. The van der Waals surface area contributed by atoms with Crippen molar-refractivity contribution < 1.29 is 9.59 Å². The molecular weight excluding hydrogens is 326 g/mol. The molecule has 2 aromatic carbocycles. The van der Waals surface area contributed by atoms with E-state index in [1.54, 1.807) is 24.3 Å². The number of rotatable bonds is 7. The summed E-state index contributed by atoms with van der Waals surface area (Å²) in [5, 5.41) is 5.81. The van der Waals surface area contributed by atoms with E-state index < -0.39 is 0 Å². The van der Waals surface area contributed by atoms with Crippen LogP contribution in [0.1, 0.15) is 38.3 Å². The minimum Gasteiger partial charge on any atom is -0.352 e. The first kappa shape index (κ1) is 19.7. The summed E-state index contributed by atoms with van der Waals surface area (Å²) in [7, 11) is 4.01. The highest BCUT2D eigenvalue weighted by atomic mass is 16.2. The van der Waals surface area contributed by atoms with Crippen molar-refractivity contribution in [3.8, 4) is 0 Å². The molecule has 0 saturated heterocycles. The van der Waals surface area contributed by atoms with Gasteiger partial charge in [-0.3, -0.25) is 9.59 Å². The molecule has 0 unspecified atom stereocenters. The lowest BCUT2D eigenvalue weighted by Crippen LogP contribution is -2.27. The van der Waals surface area contributed by atoms with Gasteiger partial charge >= 0.3 is 0 Å². The summed E-state index contributed by atoms with van der Waals surface area (Å²) in [4.78, 5) is 26.6. The van der Waals surface area contributed by atoms with E-state index in [0.29, 0.717) is 17.7 Å². The molecule has 0 saturated carbocycles. The topological polar surface area (TPSA) is 61.4 Å². The number of benzene rings is 2. The molecule has 0 bridgehead atoms. The van der Waals surface area contributed by atoms with Crippen molar-refractivity contribution >= 4 is 17.5 Å². The Morgan fingerprint density at radius 1 is 0.923 bits per heavy atom. The maximum atomic E-state index is 12.4. The number of nitrogens with zero attached hydrogens (tertiary/aromatic N) is 1. The van der Waals surface area contributed by atoms with Gasteiger partial charge < -0.3 is 15.5 Å². The molecule has 0 heterocycles. The van der Waals surface area contributed by atoms with Crippen LogP contribution in [0.15, 0.2) is 42.5 Å². The first-order valence-electron chi connectivity index (χ1n) is 8.78. The molecular formula is C21H27N3O2. The molecule has 0 radical (unpaired) electrons. The van der Waals surface area contributed by atoms with Crippen LogP contribution in [-0.4, -0.2) is 43.9 Å². The maximum absolute atomic E-state index is 12.4. The van der Waals surface area contributed by atoms with Crippen molar-refractivity contribution in [1.29, 1.82) is 0 Å². The molecule has 2 rings (SSSR count). The normalized spacial score (nSPS) is 10.7. The number of carbonyl (C=O) groups excluding carboxylic acids is 2. The van der Waals surface area contributed by atoms with E-state index in [1.807, 2.05) is 46.1 Å². The van der Waals surface area contributed by atoms with E-state index in [4.69, 9.17) is 0 Å². The number of amides is 2. The van der Waals surface area contributed by atoms with Crippen LogP contribution in [0.5, 0.6) is 0 Å². The van der Waals surface area contributed by atoms with Crippen LogP contribution >= 0.6 is 0 Å². The third-order valence-corrected chi connectivity index (χ3v) is 4.12. The smallest absolute Gasteiger partial charge is 0.255 e. The van der Waals surface area contributed by atoms with E-state index in [1.165, 1.54) is 0 Å². The molecule has 0 spiro atoms. The Morgan fingerprint density at radius 2 is 1.54 bits per heavy atom. The minimum absolute atomic E-state index is 0.120. The van der Waals surface area contributed by atoms with Crippen molar-refractivity contribution in [2.45, 2.75) is 20.3 Å². The average molecular weight is 353 g/mol. The van der Waals surface area contributed by atoms with Crippen LogP contribution in [0, 0.1) is 13.8 Å². The summed E-state index contributed by atoms with van der Waals surface area (Å²) in [6, 6.07) is 12.7. The molecule has 0 aliphatic carbocycles. The van der Waals surface area contributed by atoms with Crippen molar-refractivity contribution in [2.75, 3.05) is 32.5 Å². The third kappa shape index (κ3) is 5.70. The van der Waals surface area contributed by atoms with Gasteiger partial charge in [0.05, 0.1) is 0 Å². The Morgan fingerprint density at radius 3 is 2.15 bits per heavy atom. The lowest BCUT2D eigenvalue weighted by atomic mass is 10.1. The lowest BCUT2D eigenvalue weighted by Gasteiger charge is -2.11. The van der Waals surface area contributed by atoms with Crippen molar-refractivity contribution in [3.05, 3.63) is 64.7 Å². The quantitative estimate of drug-likeness (QED) is 0.751. The zero-order valence-electron chi connectivity index (χ0n) is 15.9. The zero-order chi connectivity index (χ0) is 19.1. The highest BCUT2D eigenvalue weighted by Gasteiger charge is 2.10. The standard InChI is InChI=1S/C21H27N3O2/c1-15-6-7-16(2)19(14-15)23-21(26)18-10-8-17(9-11-18)20(25)22-12-5-13-24(3)4/h6-11,14H,5,12-13H2,1-4H3,(H,22,25)(H,23,26). The SMILES string of the molecule is Cc1ccc(C)c(NC(=O)c2ccc(C(=O)NCCCN(C)C)cc2)c1. The Kier molecular flexibility index (Phi) is 6.92. The Balaban J connectivity index is 1.94. The molecule has 2 aromatic rings. The van der Waals surface area contributed by atoms with E-state index in [9.17, 15) is 9.59 Å². The Labute approximate surface area is 155 Å². The predicted octanol–water partition coefficient (Wildman–Crippen LogP) is 3.24. The second kappa shape index (κ2) is 9.15. The van der Waals surface area contributed by atoms with Gasteiger partial charge in [-0.25, -0.2) is 0 Å². The first-order valence-corrected chi connectivity index (χ1v) is 8.78. The highest BCUT2D eigenvalue weighted by molar-refractivity contribution is 6.05. The minimum atomic E-state index is -0.184. The molecule has 0 atom stereocenters. The molecule has 0 aliphatic rings. The van der Waals surface area contributed by atoms with Gasteiger partial charge in [0.2, 0.25) is 0 Å². The monoisotopic (exact) mass is 353 g/mol. The van der Waals surface area contributed by atoms with Crippen LogP contribution in [0.3, 0.4) is 0 Å². The first-order chi connectivity index (χ1) is 12.4. The summed E-state index contributed by atoms with van der Waals surface area (Å²) >= 11 is 0. The largest absolute Gasteiger partial charge is 0.352 e. The second-order valence-corrected chi connectivity index (χ2v) is 6.76. The van der Waals surface area contributed by atoms with Crippen LogP contribution in [-0.2, 0) is 0 Å². The van der Waals surface area contributed by atoms with Crippen LogP contribution < -0.4 is 10.6 Å². The van der Waals surface area contributed by atoms with Gasteiger partial charge in [0.25, 0.3) is 11.8 Å². The molecule has 2 N–H and O–H groups in total. The highest BCUT2D eigenvalue weighted by Crippen LogP contribution is 2.17. The predicted molar refractivity (Wildman–Crippen MR) is 106 cm³/mol. The van der Waals surface area contributed by atoms with Crippen LogP contribution in [0.25, 0.3) is 0 Å². The molecule has 2 amide bonds. The van der Waals surface area contributed by atoms with Gasteiger partial charge in [-0.05, 0) is 82.4 Å². The third-order valence-electron chi connectivity index (χ3n) is 4.12. The van der Waals surface area contributed by atoms with Crippen molar-refractivity contribution in [3.63, 3.8) is 0 Å². The molecule has 138 valence electrons. The number of nitrogens with one attached hydrogen (secondary N) is 2. The van der Waals surface area contributed by atoms with Crippen molar-refractivity contribution in [2.24, 2.45) is 0 Å². The molecule has 0 aliphatic heterocycles. The van der Waals surface area contributed by atoms with Gasteiger partial charge in [-0.15, -0.1) is 0 Å². The number of aryl methyl sites for hydroxylation is 2. The summed E-state index contributed by atoms with van der Waals surface area (Å²) in [5.41, 5.74) is 3.98. The number of anilines is 1. The van der Waals surface area contributed by atoms with Gasteiger partial charge in [0.15, 0.2) is 0 Å². The second-order valence-electron chi connectivity index (χ2n) is 6.76. The summed E-state index contributed by atoms with van der Waals surface area (Å²) < 4.78 is 0. The Hall–Kier alpha value is -2.66. The van der Waals surface area contributed by atoms with Gasteiger partial charge in [0.1, 0.15) is 0 Å². The zero-order valence-corrected chi connectivity index (χ0v) is 15.9. The molecule has 5 nitrogen and oxygen atoms in total.